The first-order valence-electron chi connectivity index (χ1n) is 9.42. The van der Waals surface area contributed by atoms with Crippen LogP contribution in [0.25, 0.3) is 0 Å². The van der Waals surface area contributed by atoms with Gasteiger partial charge in [0.2, 0.25) is 5.91 Å². The van der Waals surface area contributed by atoms with Crippen LogP contribution in [-0.2, 0) is 30.9 Å². The molecule has 0 spiro atoms. The third-order valence-corrected chi connectivity index (χ3v) is 9.78. The quantitative estimate of drug-likeness (QED) is 0.607. The van der Waals surface area contributed by atoms with Crippen molar-refractivity contribution in [3.05, 3.63) is 95.1 Å². The lowest BCUT2D eigenvalue weighted by Gasteiger charge is -2.19. The summed E-state index contributed by atoms with van der Waals surface area (Å²) in [6, 6.07) is 14.0. The van der Waals surface area contributed by atoms with Crippen molar-refractivity contribution in [2.75, 3.05) is 0 Å². The fourth-order valence-corrected chi connectivity index (χ4v) is 8.78. The zero-order valence-electron chi connectivity index (χ0n) is 16.4. The summed E-state index contributed by atoms with van der Waals surface area (Å²) in [6.45, 7) is 0. The summed E-state index contributed by atoms with van der Waals surface area (Å²) < 4.78 is 80.7. The normalized spacial score (nSPS) is 19.4. The average Bonchev–Trinajstić information content (AvgIpc) is 2.97. The molecule has 0 saturated heterocycles. The van der Waals surface area contributed by atoms with Gasteiger partial charge in [0, 0.05) is 6.07 Å². The smallest absolute Gasteiger partial charge is 0.237 e. The van der Waals surface area contributed by atoms with E-state index >= 15 is 0 Å². The zero-order valence-corrected chi connectivity index (χ0v) is 18.0. The molecule has 6 nitrogen and oxygen atoms in total. The highest BCUT2D eigenvalue weighted by Crippen LogP contribution is 2.47. The highest BCUT2D eigenvalue weighted by atomic mass is 32.2. The molecule has 0 aromatic heterocycles. The maximum atomic E-state index is 13.7. The van der Waals surface area contributed by atoms with E-state index < -0.39 is 47.7 Å². The molecule has 3 aromatic rings. The molecule has 10 heteroatoms. The van der Waals surface area contributed by atoms with Crippen LogP contribution in [0.5, 0.6) is 0 Å². The third kappa shape index (κ3) is 3.59. The van der Waals surface area contributed by atoms with Crippen molar-refractivity contribution in [1.82, 2.24) is 0 Å². The Kier molecular flexibility index (Phi) is 5.38. The Morgan fingerprint density at radius 2 is 1.56 bits per heavy atom. The molecule has 0 fully saturated rings. The van der Waals surface area contributed by atoms with Crippen LogP contribution in [0.15, 0.2) is 76.5 Å². The van der Waals surface area contributed by atoms with E-state index in [1.165, 1.54) is 42.5 Å². The summed E-state index contributed by atoms with van der Waals surface area (Å²) in [5.74, 6) is -2.96. The topological polar surface area (TPSA) is 111 Å². The van der Waals surface area contributed by atoms with Crippen LogP contribution in [-0.4, -0.2) is 28.0 Å². The first-order chi connectivity index (χ1) is 15.0. The fourth-order valence-electron chi connectivity index (χ4n) is 4.08. The molecule has 32 heavy (non-hydrogen) atoms. The lowest BCUT2D eigenvalue weighted by atomic mass is 9.96. The Morgan fingerprint density at radius 3 is 2.16 bits per heavy atom. The maximum Gasteiger partial charge on any atom is 0.237 e. The van der Waals surface area contributed by atoms with Crippen molar-refractivity contribution >= 4 is 25.6 Å². The molecule has 0 saturated carbocycles. The van der Waals surface area contributed by atoms with Gasteiger partial charge in [0.05, 0.1) is 9.79 Å². The van der Waals surface area contributed by atoms with Crippen molar-refractivity contribution < 1.29 is 30.4 Å². The second kappa shape index (κ2) is 7.79. The SMILES string of the molecule is NC(=O)C1C(S(=O)(=O)c2ccccc2)c2c(Cc3cc(F)cc(F)c3)cccc2S1(=O)=O. The molecule has 3 aromatic carbocycles. The molecule has 1 aliphatic heterocycles. The van der Waals surface area contributed by atoms with Gasteiger partial charge < -0.3 is 5.73 Å². The summed E-state index contributed by atoms with van der Waals surface area (Å²) in [4.78, 5) is 11.7. The summed E-state index contributed by atoms with van der Waals surface area (Å²) in [7, 11) is -8.80. The van der Waals surface area contributed by atoms with Crippen LogP contribution in [0.2, 0.25) is 0 Å². The molecule has 166 valence electrons. The second-order valence-corrected chi connectivity index (χ2v) is 11.5. The van der Waals surface area contributed by atoms with Crippen LogP contribution in [0.4, 0.5) is 8.78 Å². The van der Waals surface area contributed by atoms with E-state index in [1.807, 2.05) is 0 Å². The van der Waals surface area contributed by atoms with Gasteiger partial charge >= 0.3 is 0 Å². The molecule has 0 radical (unpaired) electrons. The van der Waals surface area contributed by atoms with E-state index in [0.29, 0.717) is 6.07 Å². The predicted molar refractivity (Wildman–Crippen MR) is 112 cm³/mol. The van der Waals surface area contributed by atoms with Gasteiger partial charge in [-0.1, -0.05) is 30.3 Å². The molecule has 1 aliphatic rings. The lowest BCUT2D eigenvalue weighted by molar-refractivity contribution is -0.117. The van der Waals surface area contributed by atoms with Gasteiger partial charge in [0.15, 0.2) is 24.9 Å². The van der Waals surface area contributed by atoms with Crippen molar-refractivity contribution in [2.45, 2.75) is 26.7 Å². The number of rotatable bonds is 5. The van der Waals surface area contributed by atoms with Gasteiger partial charge in [0.1, 0.15) is 16.9 Å². The van der Waals surface area contributed by atoms with Gasteiger partial charge in [-0.05, 0) is 53.4 Å². The number of hydrogen-bond acceptors (Lipinski definition) is 5. The van der Waals surface area contributed by atoms with Crippen molar-refractivity contribution in [3.63, 3.8) is 0 Å². The van der Waals surface area contributed by atoms with Gasteiger partial charge in [0.25, 0.3) is 0 Å². The van der Waals surface area contributed by atoms with Crippen LogP contribution in [0.1, 0.15) is 21.9 Å². The number of amides is 1. The van der Waals surface area contributed by atoms with Crippen LogP contribution >= 0.6 is 0 Å². The summed E-state index contributed by atoms with van der Waals surface area (Å²) in [5.41, 5.74) is 5.66. The van der Waals surface area contributed by atoms with Crippen LogP contribution in [0.3, 0.4) is 0 Å². The lowest BCUT2D eigenvalue weighted by Crippen LogP contribution is -2.39. The number of carbonyl (C=O) groups is 1. The average molecular weight is 478 g/mol. The molecular weight excluding hydrogens is 460 g/mol. The number of nitrogens with two attached hydrogens (primary N) is 1. The zero-order chi connectivity index (χ0) is 23.3. The Hall–Kier alpha value is -3.11. The summed E-state index contributed by atoms with van der Waals surface area (Å²) in [5, 5.41) is -3.83. The Bertz CT molecular complexity index is 1420. The van der Waals surface area contributed by atoms with Crippen LogP contribution < -0.4 is 5.73 Å². The van der Waals surface area contributed by atoms with Crippen molar-refractivity contribution in [3.8, 4) is 0 Å². The summed E-state index contributed by atoms with van der Waals surface area (Å²) in [6.07, 6.45) is -0.153. The summed E-state index contributed by atoms with van der Waals surface area (Å²) >= 11 is 0. The predicted octanol–water partition coefficient (Wildman–Crippen LogP) is 2.71. The maximum absolute atomic E-state index is 13.7. The minimum Gasteiger partial charge on any atom is -0.368 e. The molecule has 2 unspecified atom stereocenters. The molecule has 0 bridgehead atoms. The van der Waals surface area contributed by atoms with Crippen LogP contribution in [0, 0.1) is 11.6 Å². The molecule has 4 rings (SSSR count). The molecule has 2 atom stereocenters. The van der Waals surface area contributed by atoms with Gasteiger partial charge in [-0.25, -0.2) is 25.6 Å². The first-order valence-corrected chi connectivity index (χ1v) is 12.5. The van der Waals surface area contributed by atoms with Gasteiger partial charge in [-0.15, -0.1) is 0 Å². The molecule has 1 amide bonds. The molecule has 0 aliphatic carbocycles. The number of sulfone groups is 2. The second-order valence-electron chi connectivity index (χ2n) is 7.43. The first kappa shape index (κ1) is 22.1. The van der Waals surface area contributed by atoms with Crippen molar-refractivity contribution in [1.29, 1.82) is 0 Å². The fraction of sp³-hybridized carbons (Fsp3) is 0.136. The minimum atomic E-state index is -4.42. The molecule has 1 heterocycles. The molecule has 2 N–H and O–H groups in total. The van der Waals surface area contributed by atoms with E-state index in [1.54, 1.807) is 6.07 Å². The monoisotopic (exact) mass is 477 g/mol. The number of halogens is 2. The van der Waals surface area contributed by atoms with Gasteiger partial charge in [-0.2, -0.15) is 0 Å². The standard InChI is InChI=1S/C22H17F2NO5S2/c23-15-10-13(11-16(24)12-15)9-14-5-4-8-18-19(14)20(21(22(25)26)32(18,29)30)31(27,28)17-6-2-1-3-7-17/h1-8,10-12,20-21H,9H2,(H2,25,26). The highest BCUT2D eigenvalue weighted by molar-refractivity contribution is 7.97. The number of primary amides is 1. The number of hydrogen-bond donors (Lipinski definition) is 1. The number of carbonyl (C=O) groups excluding carboxylic acids is 1. The number of fused-ring (bicyclic) bond motifs is 1. The largest absolute Gasteiger partial charge is 0.368 e. The Morgan fingerprint density at radius 1 is 0.938 bits per heavy atom. The highest BCUT2D eigenvalue weighted by Gasteiger charge is 2.55. The number of benzene rings is 3. The Labute approximate surface area is 183 Å². The van der Waals surface area contributed by atoms with E-state index in [4.69, 9.17) is 5.73 Å². The van der Waals surface area contributed by atoms with E-state index in [0.717, 1.165) is 12.1 Å². The van der Waals surface area contributed by atoms with Gasteiger partial charge in [-0.3, -0.25) is 4.79 Å². The Balaban J connectivity index is 1.97. The molecular formula is C22H17F2NO5S2. The minimum absolute atomic E-state index is 0.107. The van der Waals surface area contributed by atoms with E-state index in [2.05, 4.69) is 0 Å². The van der Waals surface area contributed by atoms with E-state index in [9.17, 15) is 30.4 Å². The third-order valence-electron chi connectivity index (χ3n) is 5.36. The van der Waals surface area contributed by atoms with Crippen molar-refractivity contribution in [2.24, 2.45) is 5.73 Å². The van der Waals surface area contributed by atoms with E-state index in [-0.39, 0.29) is 32.9 Å².